The molecule has 0 fully saturated rings. The molecule has 0 radical (unpaired) electrons. The molecule has 0 bridgehead atoms. The standard InChI is InChI=1S/C21H24N2S/c1-5-15(2)20-11-8-18(17-6-9-19(24-4)10-7-17)14-21(20)23-13-12-16(3)22-23/h6-15H,5H2,1-4H3. The molecule has 2 aromatic carbocycles. The normalized spacial score (nSPS) is 12.3. The molecule has 1 atom stereocenters. The number of rotatable bonds is 5. The first-order valence-electron chi connectivity index (χ1n) is 8.43. The van der Waals surface area contributed by atoms with Crippen LogP contribution < -0.4 is 0 Å². The second kappa shape index (κ2) is 7.27. The lowest BCUT2D eigenvalue weighted by Gasteiger charge is -2.17. The highest BCUT2D eigenvalue weighted by molar-refractivity contribution is 7.98. The summed E-state index contributed by atoms with van der Waals surface area (Å²) < 4.78 is 2.01. The number of aromatic nitrogens is 2. The lowest BCUT2D eigenvalue weighted by atomic mass is 9.94. The number of benzene rings is 2. The molecule has 1 heterocycles. The van der Waals surface area contributed by atoms with E-state index < -0.39 is 0 Å². The molecule has 0 aliphatic rings. The van der Waals surface area contributed by atoms with E-state index in [1.807, 2.05) is 11.6 Å². The van der Waals surface area contributed by atoms with Gasteiger partial charge < -0.3 is 0 Å². The zero-order valence-corrected chi connectivity index (χ0v) is 15.6. The number of nitrogens with zero attached hydrogens (tertiary/aromatic N) is 2. The predicted molar refractivity (Wildman–Crippen MR) is 104 cm³/mol. The van der Waals surface area contributed by atoms with Crippen molar-refractivity contribution in [1.82, 2.24) is 9.78 Å². The Hall–Kier alpha value is -2.00. The van der Waals surface area contributed by atoms with Crippen LogP contribution in [0.15, 0.2) is 59.6 Å². The van der Waals surface area contributed by atoms with Gasteiger partial charge in [-0.1, -0.05) is 38.1 Å². The van der Waals surface area contributed by atoms with Crippen LogP contribution in [0.25, 0.3) is 16.8 Å². The molecule has 0 saturated carbocycles. The smallest absolute Gasteiger partial charge is 0.0686 e. The van der Waals surface area contributed by atoms with Crippen molar-refractivity contribution in [3.63, 3.8) is 0 Å². The molecular formula is C21H24N2S. The summed E-state index contributed by atoms with van der Waals surface area (Å²) in [6, 6.07) is 17.6. The fraction of sp³-hybridized carbons (Fsp3) is 0.286. The third kappa shape index (κ3) is 3.41. The van der Waals surface area contributed by atoms with E-state index in [0.29, 0.717) is 5.92 Å². The first-order valence-corrected chi connectivity index (χ1v) is 9.66. The van der Waals surface area contributed by atoms with Gasteiger partial charge in [0.2, 0.25) is 0 Å². The van der Waals surface area contributed by atoms with Crippen LogP contribution in [0.3, 0.4) is 0 Å². The van der Waals surface area contributed by atoms with E-state index in [1.165, 1.54) is 27.3 Å². The fourth-order valence-electron chi connectivity index (χ4n) is 2.89. The van der Waals surface area contributed by atoms with Crippen LogP contribution in [0.2, 0.25) is 0 Å². The SMILES string of the molecule is CCC(C)c1ccc(-c2ccc(SC)cc2)cc1-n1ccc(C)n1. The molecule has 2 nitrogen and oxygen atoms in total. The number of hydrogen-bond donors (Lipinski definition) is 0. The maximum atomic E-state index is 4.63. The number of aryl methyl sites for hydroxylation is 1. The highest BCUT2D eigenvalue weighted by atomic mass is 32.2. The fourth-order valence-corrected chi connectivity index (χ4v) is 3.30. The van der Waals surface area contributed by atoms with Crippen molar-refractivity contribution >= 4 is 11.8 Å². The molecule has 0 amide bonds. The van der Waals surface area contributed by atoms with Crippen molar-refractivity contribution in [2.24, 2.45) is 0 Å². The number of hydrogen-bond acceptors (Lipinski definition) is 2. The van der Waals surface area contributed by atoms with E-state index in [2.05, 4.69) is 79.9 Å². The van der Waals surface area contributed by atoms with E-state index >= 15 is 0 Å². The van der Waals surface area contributed by atoms with E-state index in [-0.39, 0.29) is 0 Å². The van der Waals surface area contributed by atoms with Gasteiger partial charge >= 0.3 is 0 Å². The third-order valence-corrected chi connectivity index (χ3v) is 5.31. The lowest BCUT2D eigenvalue weighted by Crippen LogP contribution is -2.04. The zero-order valence-electron chi connectivity index (χ0n) is 14.8. The Morgan fingerprint density at radius 2 is 1.75 bits per heavy atom. The Kier molecular flexibility index (Phi) is 5.10. The van der Waals surface area contributed by atoms with Crippen LogP contribution >= 0.6 is 11.8 Å². The quantitative estimate of drug-likeness (QED) is 0.525. The lowest BCUT2D eigenvalue weighted by molar-refractivity contribution is 0.716. The van der Waals surface area contributed by atoms with Crippen LogP contribution in [0.1, 0.15) is 37.4 Å². The molecule has 0 saturated heterocycles. The van der Waals surface area contributed by atoms with Gasteiger partial charge in [-0.2, -0.15) is 5.10 Å². The maximum Gasteiger partial charge on any atom is 0.0686 e. The van der Waals surface area contributed by atoms with Crippen LogP contribution in [0.4, 0.5) is 0 Å². The molecule has 0 aliphatic carbocycles. The van der Waals surface area contributed by atoms with Crippen LogP contribution in [0, 0.1) is 6.92 Å². The summed E-state index contributed by atoms with van der Waals surface area (Å²) >= 11 is 1.77. The highest BCUT2D eigenvalue weighted by Gasteiger charge is 2.13. The Labute approximate surface area is 148 Å². The minimum absolute atomic E-state index is 0.512. The monoisotopic (exact) mass is 336 g/mol. The van der Waals surface area contributed by atoms with Gasteiger partial charge in [0.1, 0.15) is 0 Å². The molecule has 0 aliphatic heterocycles. The van der Waals surface area contributed by atoms with E-state index in [1.54, 1.807) is 11.8 Å². The molecule has 1 unspecified atom stereocenters. The average molecular weight is 337 g/mol. The molecule has 124 valence electrons. The topological polar surface area (TPSA) is 17.8 Å². The van der Waals surface area contributed by atoms with Gasteiger partial charge in [0.05, 0.1) is 11.4 Å². The first-order chi connectivity index (χ1) is 11.6. The molecule has 24 heavy (non-hydrogen) atoms. The van der Waals surface area contributed by atoms with Crippen LogP contribution in [-0.4, -0.2) is 16.0 Å². The zero-order chi connectivity index (χ0) is 17.1. The van der Waals surface area contributed by atoms with Crippen molar-refractivity contribution in [2.75, 3.05) is 6.26 Å². The summed E-state index contributed by atoms with van der Waals surface area (Å²) in [5.74, 6) is 0.512. The molecule has 0 spiro atoms. The Morgan fingerprint density at radius 1 is 1.04 bits per heavy atom. The summed E-state index contributed by atoms with van der Waals surface area (Å²) in [6.07, 6.45) is 5.28. The van der Waals surface area contributed by atoms with Gasteiger partial charge in [0, 0.05) is 11.1 Å². The van der Waals surface area contributed by atoms with Crippen LogP contribution in [0.5, 0.6) is 0 Å². The summed E-state index contributed by atoms with van der Waals surface area (Å²) in [6.45, 7) is 6.55. The second-order valence-electron chi connectivity index (χ2n) is 6.21. The number of thioether (sulfide) groups is 1. The summed E-state index contributed by atoms with van der Waals surface area (Å²) in [4.78, 5) is 1.29. The van der Waals surface area contributed by atoms with Crippen molar-refractivity contribution in [3.05, 3.63) is 66.0 Å². The highest BCUT2D eigenvalue weighted by Crippen LogP contribution is 2.31. The Morgan fingerprint density at radius 3 is 2.33 bits per heavy atom. The average Bonchev–Trinajstić information content (AvgIpc) is 3.07. The summed E-state index contributed by atoms with van der Waals surface area (Å²) in [5.41, 5.74) is 6.06. The van der Waals surface area contributed by atoms with Crippen molar-refractivity contribution in [1.29, 1.82) is 0 Å². The van der Waals surface area contributed by atoms with E-state index in [0.717, 1.165) is 12.1 Å². The first kappa shape index (κ1) is 16.8. The molecule has 0 N–H and O–H groups in total. The van der Waals surface area contributed by atoms with Gasteiger partial charge in [-0.05, 0) is 66.5 Å². The van der Waals surface area contributed by atoms with Gasteiger partial charge in [-0.15, -0.1) is 11.8 Å². The third-order valence-electron chi connectivity index (χ3n) is 4.57. The second-order valence-corrected chi connectivity index (χ2v) is 7.09. The van der Waals surface area contributed by atoms with Crippen molar-refractivity contribution in [3.8, 4) is 16.8 Å². The molecule has 3 rings (SSSR count). The van der Waals surface area contributed by atoms with Crippen LogP contribution in [-0.2, 0) is 0 Å². The summed E-state index contributed by atoms with van der Waals surface area (Å²) in [7, 11) is 0. The minimum Gasteiger partial charge on any atom is -0.240 e. The van der Waals surface area contributed by atoms with Gasteiger partial charge in [-0.25, -0.2) is 4.68 Å². The molecule has 3 aromatic rings. The minimum atomic E-state index is 0.512. The largest absolute Gasteiger partial charge is 0.240 e. The van der Waals surface area contributed by atoms with Gasteiger partial charge in [-0.3, -0.25) is 0 Å². The molecular weight excluding hydrogens is 312 g/mol. The summed E-state index contributed by atoms with van der Waals surface area (Å²) in [5, 5.41) is 4.63. The Bertz CT molecular complexity index is 818. The maximum absolute atomic E-state index is 4.63. The Balaban J connectivity index is 2.09. The van der Waals surface area contributed by atoms with E-state index in [4.69, 9.17) is 0 Å². The molecule has 3 heteroatoms. The van der Waals surface area contributed by atoms with Gasteiger partial charge in [0.25, 0.3) is 0 Å². The van der Waals surface area contributed by atoms with E-state index in [9.17, 15) is 0 Å². The predicted octanol–water partition coefficient (Wildman–Crippen LogP) is 6.08. The van der Waals surface area contributed by atoms with Crippen molar-refractivity contribution < 1.29 is 0 Å². The van der Waals surface area contributed by atoms with Gasteiger partial charge in [0.15, 0.2) is 0 Å². The molecule has 1 aromatic heterocycles. The van der Waals surface area contributed by atoms with Crippen molar-refractivity contribution in [2.45, 2.75) is 38.0 Å².